The van der Waals surface area contributed by atoms with Crippen LogP contribution >= 0.6 is 11.6 Å². The van der Waals surface area contributed by atoms with Crippen molar-refractivity contribution in [2.24, 2.45) is 0 Å². The highest BCUT2D eigenvalue weighted by molar-refractivity contribution is 6.32. The second kappa shape index (κ2) is 7.06. The number of hydrogen-bond acceptors (Lipinski definition) is 2. The Morgan fingerprint density at radius 2 is 2.11 bits per heavy atom. The molecular formula is C16H22ClNO. The van der Waals surface area contributed by atoms with Gasteiger partial charge < -0.3 is 9.69 Å². The van der Waals surface area contributed by atoms with Crippen molar-refractivity contribution in [2.75, 3.05) is 19.6 Å². The molecule has 104 valence electrons. The van der Waals surface area contributed by atoms with Gasteiger partial charge in [-0.15, -0.1) is 0 Å². The number of carbonyl (C=O) groups excluding carboxylic acids is 1. The van der Waals surface area contributed by atoms with Gasteiger partial charge in [0.15, 0.2) is 0 Å². The zero-order valence-electron chi connectivity index (χ0n) is 11.6. The molecule has 1 aromatic carbocycles. The third-order valence-corrected chi connectivity index (χ3v) is 4.44. The summed E-state index contributed by atoms with van der Waals surface area (Å²) in [7, 11) is 0. The Balaban J connectivity index is 2.07. The molecule has 0 saturated carbocycles. The molecule has 1 saturated heterocycles. The Kier molecular flexibility index (Phi) is 5.41. The summed E-state index contributed by atoms with van der Waals surface area (Å²) in [6.45, 7) is 5.75. The van der Waals surface area contributed by atoms with Crippen molar-refractivity contribution in [2.45, 2.75) is 38.5 Å². The molecule has 0 spiro atoms. The lowest BCUT2D eigenvalue weighted by atomic mass is 9.88. The smallest absolute Gasteiger partial charge is 0.124 e. The summed E-state index contributed by atoms with van der Waals surface area (Å²) in [4.78, 5) is 13.2. The molecule has 0 radical (unpaired) electrons. The average Bonchev–Trinajstić information content (AvgIpc) is 2.43. The number of benzene rings is 1. The number of carbonyl (C=O) groups is 1. The van der Waals surface area contributed by atoms with Crippen molar-refractivity contribution >= 4 is 17.9 Å². The fourth-order valence-corrected chi connectivity index (χ4v) is 3.30. The number of rotatable bonds is 5. The van der Waals surface area contributed by atoms with Gasteiger partial charge in [-0.3, -0.25) is 0 Å². The Bertz CT molecular complexity index is 425. The summed E-state index contributed by atoms with van der Waals surface area (Å²) < 4.78 is 0. The standard InChI is InChI=1S/C16H22ClNO/c1-2-9-18-10-6-13(7-11-18)15-5-3-4-14(8-12-19)16(15)17/h3-5,12-13H,2,6-11H2,1H3. The van der Waals surface area contributed by atoms with Gasteiger partial charge in [0.25, 0.3) is 0 Å². The van der Waals surface area contributed by atoms with Crippen molar-refractivity contribution in [3.63, 3.8) is 0 Å². The van der Waals surface area contributed by atoms with Gasteiger partial charge in [0, 0.05) is 11.4 Å². The highest BCUT2D eigenvalue weighted by Crippen LogP contribution is 2.34. The molecule has 0 bridgehead atoms. The Morgan fingerprint density at radius 3 is 2.74 bits per heavy atom. The minimum atomic E-state index is 0.418. The molecular weight excluding hydrogens is 258 g/mol. The SMILES string of the molecule is CCCN1CCC(c2cccc(CC=O)c2Cl)CC1. The fraction of sp³-hybridized carbons (Fsp3) is 0.562. The first kappa shape index (κ1) is 14.5. The van der Waals surface area contributed by atoms with E-state index in [9.17, 15) is 4.79 Å². The Hall–Kier alpha value is -0.860. The zero-order valence-corrected chi connectivity index (χ0v) is 12.3. The number of aldehydes is 1. The second-order valence-corrected chi connectivity index (χ2v) is 5.69. The van der Waals surface area contributed by atoms with E-state index < -0.39 is 0 Å². The Morgan fingerprint density at radius 1 is 1.37 bits per heavy atom. The molecule has 0 amide bonds. The van der Waals surface area contributed by atoms with Crippen molar-refractivity contribution in [1.29, 1.82) is 0 Å². The van der Waals surface area contributed by atoms with Crippen LogP contribution in [-0.4, -0.2) is 30.8 Å². The first-order valence-electron chi connectivity index (χ1n) is 7.19. The van der Waals surface area contributed by atoms with E-state index in [4.69, 9.17) is 11.6 Å². The van der Waals surface area contributed by atoms with E-state index in [-0.39, 0.29) is 0 Å². The molecule has 0 unspecified atom stereocenters. The van der Waals surface area contributed by atoms with Gasteiger partial charge in [0.05, 0.1) is 0 Å². The van der Waals surface area contributed by atoms with Crippen LogP contribution in [0.15, 0.2) is 18.2 Å². The van der Waals surface area contributed by atoms with Crippen LogP contribution in [0.2, 0.25) is 5.02 Å². The lowest BCUT2D eigenvalue weighted by Crippen LogP contribution is -2.33. The highest BCUT2D eigenvalue weighted by atomic mass is 35.5. The van der Waals surface area contributed by atoms with Crippen LogP contribution in [0.5, 0.6) is 0 Å². The van der Waals surface area contributed by atoms with Crippen molar-refractivity contribution in [1.82, 2.24) is 4.90 Å². The largest absolute Gasteiger partial charge is 0.303 e. The normalized spacial score (nSPS) is 17.6. The predicted octanol–water partition coefficient (Wildman–Crippen LogP) is 3.67. The molecule has 2 rings (SSSR count). The van der Waals surface area contributed by atoms with Crippen LogP contribution in [0, 0.1) is 0 Å². The second-order valence-electron chi connectivity index (χ2n) is 5.31. The monoisotopic (exact) mass is 279 g/mol. The van der Waals surface area contributed by atoms with Crippen LogP contribution < -0.4 is 0 Å². The predicted molar refractivity (Wildman–Crippen MR) is 79.9 cm³/mol. The number of hydrogen-bond donors (Lipinski definition) is 0. The Labute approximate surface area is 120 Å². The van der Waals surface area contributed by atoms with Gasteiger partial charge in [-0.2, -0.15) is 0 Å². The summed E-state index contributed by atoms with van der Waals surface area (Å²) in [5.74, 6) is 0.548. The van der Waals surface area contributed by atoms with Crippen molar-refractivity contribution in [3.05, 3.63) is 34.3 Å². The maximum Gasteiger partial charge on any atom is 0.124 e. The minimum absolute atomic E-state index is 0.418. The van der Waals surface area contributed by atoms with Crippen LogP contribution in [0.3, 0.4) is 0 Å². The van der Waals surface area contributed by atoms with Gasteiger partial charge >= 0.3 is 0 Å². The molecule has 0 aromatic heterocycles. The number of piperidine rings is 1. The lowest BCUT2D eigenvalue weighted by molar-refractivity contribution is -0.107. The maximum atomic E-state index is 10.7. The third-order valence-electron chi connectivity index (χ3n) is 3.98. The third kappa shape index (κ3) is 3.58. The molecule has 1 aliphatic heterocycles. The maximum absolute atomic E-state index is 10.7. The van der Waals surface area contributed by atoms with Gasteiger partial charge in [0.1, 0.15) is 6.29 Å². The molecule has 3 heteroatoms. The molecule has 1 aliphatic rings. The van der Waals surface area contributed by atoms with Gasteiger partial charge in [-0.25, -0.2) is 0 Å². The first-order chi connectivity index (χ1) is 9.26. The van der Waals surface area contributed by atoms with Crippen molar-refractivity contribution < 1.29 is 4.79 Å². The summed E-state index contributed by atoms with van der Waals surface area (Å²) >= 11 is 6.45. The average molecular weight is 280 g/mol. The number of likely N-dealkylation sites (tertiary alicyclic amines) is 1. The van der Waals surface area contributed by atoms with Crippen LogP contribution in [0.1, 0.15) is 43.2 Å². The molecule has 1 heterocycles. The quantitative estimate of drug-likeness (QED) is 0.767. The number of halogens is 1. The summed E-state index contributed by atoms with van der Waals surface area (Å²) in [5.41, 5.74) is 2.20. The van der Waals surface area contributed by atoms with E-state index in [0.717, 1.165) is 30.0 Å². The van der Waals surface area contributed by atoms with E-state index in [1.807, 2.05) is 12.1 Å². The van der Waals surface area contributed by atoms with Gasteiger partial charge in [0.2, 0.25) is 0 Å². The number of nitrogens with zero attached hydrogens (tertiary/aromatic N) is 1. The molecule has 0 aliphatic carbocycles. The van der Waals surface area contributed by atoms with Crippen LogP contribution in [0.4, 0.5) is 0 Å². The molecule has 0 N–H and O–H groups in total. The molecule has 1 aromatic rings. The summed E-state index contributed by atoms with van der Waals surface area (Å²) in [6, 6.07) is 6.10. The van der Waals surface area contributed by atoms with Crippen molar-refractivity contribution in [3.8, 4) is 0 Å². The van der Waals surface area contributed by atoms with E-state index in [1.54, 1.807) is 0 Å². The topological polar surface area (TPSA) is 20.3 Å². The van der Waals surface area contributed by atoms with E-state index in [1.165, 1.54) is 31.4 Å². The summed E-state index contributed by atoms with van der Waals surface area (Å²) in [5, 5.41) is 0.809. The van der Waals surface area contributed by atoms with Gasteiger partial charge in [-0.1, -0.05) is 36.7 Å². The fourth-order valence-electron chi connectivity index (χ4n) is 2.95. The minimum Gasteiger partial charge on any atom is -0.303 e. The van der Waals surface area contributed by atoms with Gasteiger partial charge in [-0.05, 0) is 55.9 Å². The van der Waals surface area contributed by atoms with Crippen LogP contribution in [-0.2, 0) is 11.2 Å². The lowest BCUT2D eigenvalue weighted by Gasteiger charge is -2.32. The van der Waals surface area contributed by atoms with E-state index >= 15 is 0 Å². The molecule has 0 atom stereocenters. The zero-order chi connectivity index (χ0) is 13.7. The molecule has 19 heavy (non-hydrogen) atoms. The van der Waals surface area contributed by atoms with E-state index in [0.29, 0.717) is 12.3 Å². The molecule has 1 fully saturated rings. The first-order valence-corrected chi connectivity index (χ1v) is 7.57. The summed E-state index contributed by atoms with van der Waals surface area (Å²) in [6.07, 6.45) is 4.91. The van der Waals surface area contributed by atoms with E-state index in [2.05, 4.69) is 17.9 Å². The molecule has 2 nitrogen and oxygen atoms in total. The van der Waals surface area contributed by atoms with Crippen LogP contribution in [0.25, 0.3) is 0 Å². The highest BCUT2D eigenvalue weighted by Gasteiger charge is 2.22.